The molecule has 2 N–H and O–H groups in total. The van der Waals surface area contributed by atoms with E-state index in [4.69, 9.17) is 9.47 Å². The fourth-order valence-corrected chi connectivity index (χ4v) is 1.00. The van der Waals surface area contributed by atoms with Crippen LogP contribution in [-0.4, -0.2) is 52.5 Å². The predicted molar refractivity (Wildman–Crippen MR) is 58.9 cm³/mol. The third kappa shape index (κ3) is 11.3. The second kappa shape index (κ2) is 11.4. The first-order chi connectivity index (χ1) is 7.31. The Balaban J connectivity index is 3.01. The monoisotopic (exact) mass is 218 g/mol. The highest BCUT2D eigenvalue weighted by Gasteiger charge is 1.97. The molecular weight excluding hydrogens is 196 g/mol. The van der Waals surface area contributed by atoms with E-state index >= 15 is 0 Å². The van der Waals surface area contributed by atoms with Crippen LogP contribution >= 0.6 is 0 Å². The largest absolute Gasteiger partial charge is 0.382 e. The van der Waals surface area contributed by atoms with Gasteiger partial charge in [-0.2, -0.15) is 0 Å². The van der Waals surface area contributed by atoms with Crippen molar-refractivity contribution < 1.29 is 14.3 Å². The van der Waals surface area contributed by atoms with Gasteiger partial charge in [0.15, 0.2) is 0 Å². The molecule has 0 spiro atoms. The van der Waals surface area contributed by atoms with E-state index in [9.17, 15) is 4.79 Å². The molecule has 0 saturated heterocycles. The van der Waals surface area contributed by atoms with Gasteiger partial charge in [0.05, 0.1) is 19.8 Å². The summed E-state index contributed by atoms with van der Waals surface area (Å²) >= 11 is 0. The number of amides is 1. The van der Waals surface area contributed by atoms with Gasteiger partial charge in [0.2, 0.25) is 5.91 Å². The van der Waals surface area contributed by atoms with Gasteiger partial charge in [-0.3, -0.25) is 4.79 Å². The minimum absolute atomic E-state index is 0.0882. The molecular formula is C10H22N2O3. The zero-order valence-electron chi connectivity index (χ0n) is 9.67. The first-order valence-electron chi connectivity index (χ1n) is 5.35. The van der Waals surface area contributed by atoms with Crippen LogP contribution < -0.4 is 10.6 Å². The van der Waals surface area contributed by atoms with Crippen molar-refractivity contribution in [3.8, 4) is 0 Å². The molecule has 1 amide bonds. The number of nitrogens with one attached hydrogen (secondary N) is 2. The Kier molecular flexibility index (Phi) is 10.9. The minimum atomic E-state index is 0.0882. The van der Waals surface area contributed by atoms with Crippen LogP contribution in [0.25, 0.3) is 0 Å². The lowest BCUT2D eigenvalue weighted by atomic mass is 10.4. The van der Waals surface area contributed by atoms with Gasteiger partial charge in [0.25, 0.3) is 0 Å². The van der Waals surface area contributed by atoms with Gasteiger partial charge in [-0.15, -0.1) is 0 Å². The van der Waals surface area contributed by atoms with Gasteiger partial charge in [0.1, 0.15) is 0 Å². The smallest absolute Gasteiger partial charge is 0.221 e. The van der Waals surface area contributed by atoms with Gasteiger partial charge >= 0.3 is 0 Å². The maximum Gasteiger partial charge on any atom is 0.221 e. The normalized spacial score (nSPS) is 10.3. The van der Waals surface area contributed by atoms with Crippen LogP contribution in [-0.2, 0) is 14.3 Å². The van der Waals surface area contributed by atoms with Crippen molar-refractivity contribution >= 4 is 5.91 Å². The highest BCUT2D eigenvalue weighted by Crippen LogP contribution is 1.78. The molecule has 0 bridgehead atoms. The average molecular weight is 218 g/mol. The summed E-state index contributed by atoms with van der Waals surface area (Å²) in [5.74, 6) is 0.0882. The summed E-state index contributed by atoms with van der Waals surface area (Å²) in [5.41, 5.74) is 0. The first kappa shape index (κ1) is 14.3. The predicted octanol–water partition coefficient (Wildman–Crippen LogP) is -0.235. The minimum Gasteiger partial charge on any atom is -0.382 e. The molecule has 0 aromatic heterocycles. The quantitative estimate of drug-likeness (QED) is 0.497. The van der Waals surface area contributed by atoms with Crippen molar-refractivity contribution in [1.82, 2.24) is 10.6 Å². The molecule has 0 unspecified atom stereocenters. The summed E-state index contributed by atoms with van der Waals surface area (Å²) in [6.45, 7) is 5.96. The maximum absolute atomic E-state index is 11.0. The van der Waals surface area contributed by atoms with Gasteiger partial charge < -0.3 is 20.1 Å². The van der Waals surface area contributed by atoms with E-state index in [1.807, 2.05) is 6.92 Å². The van der Waals surface area contributed by atoms with E-state index < -0.39 is 0 Å². The van der Waals surface area contributed by atoms with Gasteiger partial charge in [-0.25, -0.2) is 0 Å². The van der Waals surface area contributed by atoms with E-state index in [0.717, 1.165) is 6.54 Å². The molecule has 90 valence electrons. The number of carbonyl (C=O) groups excluding carboxylic acids is 1. The maximum atomic E-state index is 11.0. The standard InChI is InChI=1S/C10H22N2O3/c1-3-12-10(13)4-5-11-6-7-15-9-8-14-2/h11H,3-9H2,1-2H3,(H,12,13). The van der Waals surface area contributed by atoms with Crippen molar-refractivity contribution in [3.05, 3.63) is 0 Å². The van der Waals surface area contributed by atoms with Crippen molar-refractivity contribution in [2.75, 3.05) is 46.6 Å². The Morgan fingerprint density at radius 2 is 2.00 bits per heavy atom. The van der Waals surface area contributed by atoms with E-state index in [1.165, 1.54) is 0 Å². The summed E-state index contributed by atoms with van der Waals surface area (Å²) in [6.07, 6.45) is 0.520. The Morgan fingerprint density at radius 1 is 1.20 bits per heavy atom. The third-order valence-electron chi connectivity index (χ3n) is 1.76. The molecule has 5 heteroatoms. The zero-order valence-corrected chi connectivity index (χ0v) is 9.67. The number of hydrogen-bond acceptors (Lipinski definition) is 4. The van der Waals surface area contributed by atoms with Crippen molar-refractivity contribution in [2.24, 2.45) is 0 Å². The number of carbonyl (C=O) groups is 1. The van der Waals surface area contributed by atoms with E-state index in [-0.39, 0.29) is 5.91 Å². The number of rotatable bonds is 10. The van der Waals surface area contributed by atoms with Gasteiger partial charge in [0, 0.05) is 33.2 Å². The number of hydrogen-bond donors (Lipinski definition) is 2. The second-order valence-electron chi connectivity index (χ2n) is 3.06. The highest BCUT2D eigenvalue weighted by atomic mass is 16.5. The molecule has 0 saturated carbocycles. The molecule has 0 atom stereocenters. The molecule has 15 heavy (non-hydrogen) atoms. The molecule has 0 radical (unpaired) electrons. The molecule has 0 rings (SSSR count). The topological polar surface area (TPSA) is 59.6 Å². The fourth-order valence-electron chi connectivity index (χ4n) is 1.00. The molecule has 5 nitrogen and oxygen atoms in total. The van der Waals surface area contributed by atoms with Crippen molar-refractivity contribution in [1.29, 1.82) is 0 Å². The van der Waals surface area contributed by atoms with Crippen LogP contribution in [0.15, 0.2) is 0 Å². The van der Waals surface area contributed by atoms with Gasteiger partial charge in [-0.1, -0.05) is 0 Å². The summed E-state index contributed by atoms with van der Waals surface area (Å²) in [6, 6.07) is 0. The number of ether oxygens (including phenoxy) is 2. The number of methoxy groups -OCH3 is 1. The molecule has 0 heterocycles. The average Bonchev–Trinajstić information content (AvgIpc) is 2.22. The van der Waals surface area contributed by atoms with E-state index in [0.29, 0.717) is 39.3 Å². The highest BCUT2D eigenvalue weighted by molar-refractivity contribution is 5.75. The summed E-state index contributed by atoms with van der Waals surface area (Å²) < 4.78 is 10.1. The second-order valence-corrected chi connectivity index (χ2v) is 3.06. The fraction of sp³-hybridized carbons (Fsp3) is 0.900. The summed E-state index contributed by atoms with van der Waals surface area (Å²) in [4.78, 5) is 11.0. The van der Waals surface area contributed by atoms with Crippen molar-refractivity contribution in [2.45, 2.75) is 13.3 Å². The van der Waals surface area contributed by atoms with Gasteiger partial charge in [-0.05, 0) is 6.92 Å². The van der Waals surface area contributed by atoms with Crippen LogP contribution in [0.3, 0.4) is 0 Å². The van der Waals surface area contributed by atoms with E-state index in [2.05, 4.69) is 10.6 Å². The Labute approximate surface area is 91.5 Å². The molecule has 0 aliphatic rings. The molecule has 0 aliphatic heterocycles. The summed E-state index contributed by atoms with van der Waals surface area (Å²) in [7, 11) is 1.65. The van der Waals surface area contributed by atoms with Crippen LogP contribution in [0.5, 0.6) is 0 Å². The molecule has 0 aliphatic carbocycles. The van der Waals surface area contributed by atoms with Crippen LogP contribution in [0, 0.1) is 0 Å². The SMILES string of the molecule is CCNC(=O)CCNCCOCCOC. The Morgan fingerprint density at radius 3 is 2.67 bits per heavy atom. The van der Waals surface area contributed by atoms with Crippen LogP contribution in [0.1, 0.15) is 13.3 Å². The van der Waals surface area contributed by atoms with Crippen LogP contribution in [0.4, 0.5) is 0 Å². The molecule has 0 aromatic carbocycles. The van der Waals surface area contributed by atoms with E-state index in [1.54, 1.807) is 7.11 Å². The Bertz CT molecular complexity index is 154. The first-order valence-corrected chi connectivity index (χ1v) is 5.35. The molecule has 0 fully saturated rings. The molecule has 0 aromatic rings. The lowest BCUT2D eigenvalue weighted by Gasteiger charge is -2.05. The lowest BCUT2D eigenvalue weighted by Crippen LogP contribution is -2.29. The summed E-state index contributed by atoms with van der Waals surface area (Å²) in [5, 5.41) is 5.86. The van der Waals surface area contributed by atoms with Crippen LogP contribution in [0.2, 0.25) is 0 Å². The van der Waals surface area contributed by atoms with Crippen molar-refractivity contribution in [3.63, 3.8) is 0 Å². The lowest BCUT2D eigenvalue weighted by molar-refractivity contribution is -0.120. The third-order valence-corrected chi connectivity index (χ3v) is 1.76. The Hall–Kier alpha value is -0.650. The zero-order chi connectivity index (χ0) is 11.4.